The number of nitrogens with one attached hydrogen (secondary N) is 1. The highest BCUT2D eigenvalue weighted by atomic mass is 32.1. The lowest BCUT2D eigenvalue weighted by atomic mass is 11.1. The van der Waals surface area contributed by atoms with Gasteiger partial charge in [-0.1, -0.05) is 12.2 Å². The van der Waals surface area contributed by atoms with E-state index in [9.17, 15) is 0 Å². The van der Waals surface area contributed by atoms with Gasteiger partial charge in [0.2, 0.25) is 0 Å². The lowest BCUT2D eigenvalue weighted by Gasteiger charge is -1.89. The minimum absolute atomic E-state index is 0.448. The van der Waals surface area contributed by atoms with E-state index in [0.29, 0.717) is 6.73 Å². The molecular formula is C3H6NOS. The standard InChI is InChI=1S/C3H6NOS/c1-5-2-4-3-6/h2H2,1H3,(H,4,6). The third kappa shape index (κ3) is 3.85. The van der Waals surface area contributed by atoms with Gasteiger partial charge in [0, 0.05) is 7.11 Å². The number of ether oxygens (including phenoxy) is 1. The molecule has 0 aromatic rings. The SMILES string of the molecule is COCN[C]=S. The summed E-state index contributed by atoms with van der Waals surface area (Å²) >= 11 is 4.28. The first-order chi connectivity index (χ1) is 2.91. The second-order valence-electron chi connectivity index (χ2n) is 0.712. The van der Waals surface area contributed by atoms with Crippen molar-refractivity contribution in [3.05, 3.63) is 0 Å². The zero-order valence-electron chi connectivity index (χ0n) is 3.52. The molecule has 0 saturated carbocycles. The molecule has 0 rings (SSSR count). The van der Waals surface area contributed by atoms with Gasteiger partial charge in [-0.05, 0) is 0 Å². The monoisotopic (exact) mass is 104 g/mol. The molecule has 0 atom stereocenters. The Labute approximate surface area is 42.5 Å². The fourth-order valence-corrected chi connectivity index (χ4v) is 0.161. The summed E-state index contributed by atoms with van der Waals surface area (Å²) in [6, 6.07) is 0. The topological polar surface area (TPSA) is 21.3 Å². The van der Waals surface area contributed by atoms with Crippen LogP contribution in [0.1, 0.15) is 0 Å². The lowest BCUT2D eigenvalue weighted by Crippen LogP contribution is -2.11. The van der Waals surface area contributed by atoms with E-state index >= 15 is 0 Å². The third-order valence-corrected chi connectivity index (χ3v) is 0.433. The molecule has 35 valence electrons. The van der Waals surface area contributed by atoms with Crippen LogP contribution < -0.4 is 5.32 Å². The van der Waals surface area contributed by atoms with Crippen molar-refractivity contribution in [2.24, 2.45) is 0 Å². The summed E-state index contributed by atoms with van der Waals surface area (Å²) in [4.78, 5) is 0. The zero-order valence-corrected chi connectivity index (χ0v) is 4.34. The van der Waals surface area contributed by atoms with Gasteiger partial charge in [-0.3, -0.25) is 0 Å². The van der Waals surface area contributed by atoms with E-state index in [2.05, 4.69) is 27.8 Å². The largest absolute Gasteiger partial charge is 0.365 e. The summed E-state index contributed by atoms with van der Waals surface area (Å²) in [5.74, 6) is 0. The molecule has 0 aliphatic carbocycles. The highest BCUT2D eigenvalue weighted by Crippen LogP contribution is 1.52. The van der Waals surface area contributed by atoms with E-state index in [-0.39, 0.29) is 0 Å². The molecular weight excluding hydrogens is 98.1 g/mol. The molecule has 0 aromatic carbocycles. The maximum Gasteiger partial charge on any atom is 0.135 e. The van der Waals surface area contributed by atoms with Crippen molar-refractivity contribution in [1.29, 1.82) is 0 Å². The number of hydrogen-bond donors (Lipinski definition) is 1. The number of rotatable bonds is 3. The summed E-state index contributed by atoms with van der Waals surface area (Å²) in [6.07, 6.45) is 0. The van der Waals surface area contributed by atoms with Crippen LogP contribution in [0.2, 0.25) is 0 Å². The maximum atomic E-state index is 4.54. The zero-order chi connectivity index (χ0) is 4.83. The fourth-order valence-electron chi connectivity index (χ4n) is 0.102. The van der Waals surface area contributed by atoms with E-state index in [4.69, 9.17) is 0 Å². The minimum Gasteiger partial charge on any atom is -0.365 e. The van der Waals surface area contributed by atoms with Gasteiger partial charge in [0.05, 0.1) is 0 Å². The van der Waals surface area contributed by atoms with Crippen LogP contribution in [0.4, 0.5) is 0 Å². The van der Waals surface area contributed by atoms with Crippen LogP contribution in [0.25, 0.3) is 0 Å². The molecule has 0 amide bonds. The average Bonchev–Trinajstić information content (AvgIpc) is 1.61. The number of hydrogen-bond acceptors (Lipinski definition) is 2. The summed E-state index contributed by atoms with van der Waals surface area (Å²) in [5.41, 5.74) is 2.28. The van der Waals surface area contributed by atoms with Crippen LogP contribution in [-0.2, 0) is 4.74 Å². The first kappa shape index (κ1) is 5.85. The summed E-state index contributed by atoms with van der Waals surface area (Å²) < 4.78 is 4.54. The molecule has 6 heavy (non-hydrogen) atoms. The first-order valence-corrected chi connectivity index (χ1v) is 1.91. The average molecular weight is 104 g/mol. The van der Waals surface area contributed by atoms with Gasteiger partial charge in [0.15, 0.2) is 0 Å². The molecule has 1 N–H and O–H groups in total. The van der Waals surface area contributed by atoms with Crippen molar-refractivity contribution in [2.45, 2.75) is 0 Å². The predicted molar refractivity (Wildman–Crippen MR) is 27.6 cm³/mol. The highest BCUT2D eigenvalue weighted by Gasteiger charge is 1.66. The Hall–Kier alpha value is -0.150. The third-order valence-electron chi connectivity index (χ3n) is 0.289. The first-order valence-electron chi connectivity index (χ1n) is 1.50. The van der Waals surface area contributed by atoms with Crippen LogP contribution in [0.15, 0.2) is 0 Å². The van der Waals surface area contributed by atoms with Crippen LogP contribution in [0.5, 0.6) is 0 Å². The molecule has 0 unspecified atom stereocenters. The minimum atomic E-state index is 0.448. The van der Waals surface area contributed by atoms with E-state index in [1.165, 1.54) is 0 Å². The normalized spacial score (nSPS) is 7.50. The Kier molecular flexibility index (Phi) is 4.73. The van der Waals surface area contributed by atoms with Crippen LogP contribution >= 0.6 is 12.2 Å². The summed E-state index contributed by atoms with van der Waals surface area (Å²) in [5, 5.41) is 2.54. The molecule has 1 radical (unpaired) electrons. The summed E-state index contributed by atoms with van der Waals surface area (Å²) in [6.45, 7) is 0.448. The van der Waals surface area contributed by atoms with Crippen molar-refractivity contribution >= 4 is 17.7 Å². The molecule has 0 saturated heterocycles. The molecule has 2 nitrogen and oxygen atoms in total. The van der Waals surface area contributed by atoms with E-state index in [1.807, 2.05) is 0 Å². The van der Waals surface area contributed by atoms with Gasteiger partial charge in [-0.25, -0.2) is 0 Å². The molecule has 0 heterocycles. The Bertz CT molecular complexity index is 39.8. The molecule has 0 spiro atoms. The van der Waals surface area contributed by atoms with Gasteiger partial charge < -0.3 is 10.1 Å². The molecule has 0 aliphatic heterocycles. The Morgan fingerprint density at radius 2 is 2.67 bits per heavy atom. The molecule has 0 bridgehead atoms. The molecule has 0 aliphatic rings. The molecule has 0 fully saturated rings. The smallest absolute Gasteiger partial charge is 0.135 e. The van der Waals surface area contributed by atoms with Crippen molar-refractivity contribution in [1.82, 2.24) is 5.32 Å². The van der Waals surface area contributed by atoms with E-state index in [0.717, 1.165) is 0 Å². The van der Waals surface area contributed by atoms with Crippen LogP contribution in [0.3, 0.4) is 0 Å². The fraction of sp³-hybridized carbons (Fsp3) is 0.667. The lowest BCUT2D eigenvalue weighted by molar-refractivity contribution is 0.194. The second-order valence-corrected chi connectivity index (χ2v) is 0.916. The maximum absolute atomic E-state index is 4.54. The highest BCUT2D eigenvalue weighted by molar-refractivity contribution is 7.78. The van der Waals surface area contributed by atoms with E-state index in [1.54, 1.807) is 7.11 Å². The molecule has 3 heteroatoms. The number of thiocarbonyl (C=S) groups is 1. The summed E-state index contributed by atoms with van der Waals surface area (Å²) in [7, 11) is 1.58. The number of methoxy groups -OCH3 is 1. The van der Waals surface area contributed by atoms with Gasteiger partial charge in [0.1, 0.15) is 12.2 Å². The Morgan fingerprint density at radius 3 is 2.83 bits per heavy atom. The second kappa shape index (κ2) is 4.85. The predicted octanol–water partition coefficient (Wildman–Crippen LogP) is 0.0141. The Balaban J connectivity index is 2.49. The van der Waals surface area contributed by atoms with Crippen molar-refractivity contribution in [3.63, 3.8) is 0 Å². The van der Waals surface area contributed by atoms with Crippen LogP contribution in [-0.4, -0.2) is 19.3 Å². The van der Waals surface area contributed by atoms with Gasteiger partial charge in [0.25, 0.3) is 0 Å². The van der Waals surface area contributed by atoms with Gasteiger partial charge >= 0.3 is 0 Å². The quantitative estimate of drug-likeness (QED) is 0.236. The van der Waals surface area contributed by atoms with E-state index < -0.39 is 0 Å². The van der Waals surface area contributed by atoms with Crippen LogP contribution in [0, 0.1) is 0 Å². The van der Waals surface area contributed by atoms with Gasteiger partial charge in [-0.2, -0.15) is 0 Å². The van der Waals surface area contributed by atoms with Gasteiger partial charge in [-0.15, -0.1) is 0 Å². The van der Waals surface area contributed by atoms with Crippen molar-refractivity contribution in [2.75, 3.05) is 13.8 Å². The van der Waals surface area contributed by atoms with Crippen molar-refractivity contribution < 1.29 is 4.74 Å². The molecule has 0 aromatic heterocycles. The van der Waals surface area contributed by atoms with Crippen molar-refractivity contribution in [3.8, 4) is 0 Å². The Morgan fingerprint density at radius 1 is 2.00 bits per heavy atom.